The minimum absolute atomic E-state index is 0.106. The molecule has 0 saturated carbocycles. The van der Waals surface area contributed by atoms with Crippen molar-refractivity contribution in [1.29, 1.82) is 5.26 Å². The Morgan fingerprint density at radius 2 is 2.20 bits per heavy atom. The zero-order valence-corrected chi connectivity index (χ0v) is 13.3. The Morgan fingerprint density at radius 3 is 3.04 bits per heavy atom. The second-order valence-corrected chi connectivity index (χ2v) is 5.93. The SMILES string of the molecule is N#CN1CC[C@H](C(=O)Nc2cc(-c3cnc4nccn4c3)ccn2)C1. The number of fused-ring (bicyclic) bond motifs is 1. The Labute approximate surface area is 143 Å². The molecule has 124 valence electrons. The van der Waals surface area contributed by atoms with Gasteiger partial charge >= 0.3 is 0 Å². The molecule has 1 aliphatic heterocycles. The van der Waals surface area contributed by atoms with E-state index in [4.69, 9.17) is 5.26 Å². The summed E-state index contributed by atoms with van der Waals surface area (Å²) in [6, 6.07) is 3.68. The van der Waals surface area contributed by atoms with Crippen LogP contribution in [0, 0.1) is 17.4 Å². The lowest BCUT2D eigenvalue weighted by Gasteiger charge is -2.11. The van der Waals surface area contributed by atoms with Gasteiger partial charge in [-0.05, 0) is 24.1 Å². The van der Waals surface area contributed by atoms with E-state index in [1.165, 1.54) is 0 Å². The molecule has 0 radical (unpaired) electrons. The fourth-order valence-corrected chi connectivity index (χ4v) is 2.94. The molecule has 1 saturated heterocycles. The van der Waals surface area contributed by atoms with E-state index in [2.05, 4.69) is 26.5 Å². The molecule has 4 heterocycles. The van der Waals surface area contributed by atoms with Crippen LogP contribution >= 0.6 is 0 Å². The maximum absolute atomic E-state index is 12.4. The lowest BCUT2D eigenvalue weighted by molar-refractivity contribution is -0.119. The Kier molecular flexibility index (Phi) is 3.74. The highest BCUT2D eigenvalue weighted by Gasteiger charge is 2.27. The molecule has 0 unspecified atom stereocenters. The first-order valence-electron chi connectivity index (χ1n) is 7.93. The minimum atomic E-state index is -0.186. The molecule has 1 aliphatic rings. The van der Waals surface area contributed by atoms with Crippen LogP contribution < -0.4 is 5.32 Å². The van der Waals surface area contributed by atoms with Gasteiger partial charge in [-0.15, -0.1) is 0 Å². The van der Waals surface area contributed by atoms with Crippen molar-refractivity contribution in [3.05, 3.63) is 43.1 Å². The van der Waals surface area contributed by atoms with Crippen molar-refractivity contribution < 1.29 is 4.79 Å². The van der Waals surface area contributed by atoms with Crippen LogP contribution in [-0.2, 0) is 4.79 Å². The zero-order chi connectivity index (χ0) is 17.2. The molecule has 3 aromatic rings. The van der Waals surface area contributed by atoms with Crippen LogP contribution in [0.2, 0.25) is 0 Å². The van der Waals surface area contributed by atoms with Crippen molar-refractivity contribution in [2.75, 3.05) is 18.4 Å². The molecule has 1 atom stereocenters. The van der Waals surface area contributed by atoms with E-state index >= 15 is 0 Å². The predicted molar refractivity (Wildman–Crippen MR) is 90.1 cm³/mol. The summed E-state index contributed by atoms with van der Waals surface area (Å²) in [6.45, 7) is 1.09. The highest BCUT2D eigenvalue weighted by molar-refractivity contribution is 5.92. The normalized spacial score (nSPS) is 16.8. The van der Waals surface area contributed by atoms with E-state index in [1.807, 2.05) is 28.9 Å². The topological polar surface area (TPSA) is 99.2 Å². The molecule has 1 amide bonds. The van der Waals surface area contributed by atoms with Gasteiger partial charge in [0.2, 0.25) is 11.7 Å². The van der Waals surface area contributed by atoms with Crippen LogP contribution in [0.15, 0.2) is 43.1 Å². The molecule has 8 nitrogen and oxygen atoms in total. The number of nitrogens with one attached hydrogen (secondary N) is 1. The number of hydrogen-bond acceptors (Lipinski definition) is 6. The zero-order valence-electron chi connectivity index (χ0n) is 13.3. The molecule has 0 bridgehead atoms. The van der Waals surface area contributed by atoms with Gasteiger partial charge in [0.25, 0.3) is 0 Å². The monoisotopic (exact) mass is 333 g/mol. The lowest BCUT2D eigenvalue weighted by Crippen LogP contribution is -2.25. The lowest BCUT2D eigenvalue weighted by atomic mass is 10.1. The molecule has 1 fully saturated rings. The number of hydrogen-bond donors (Lipinski definition) is 1. The van der Waals surface area contributed by atoms with Gasteiger partial charge in [0.1, 0.15) is 5.82 Å². The summed E-state index contributed by atoms with van der Waals surface area (Å²) in [5.74, 6) is 0.831. The van der Waals surface area contributed by atoms with Crippen molar-refractivity contribution in [1.82, 2.24) is 24.3 Å². The highest BCUT2D eigenvalue weighted by Crippen LogP contribution is 2.22. The quantitative estimate of drug-likeness (QED) is 0.730. The average molecular weight is 333 g/mol. The predicted octanol–water partition coefficient (Wildman–Crippen LogP) is 1.53. The number of anilines is 1. The summed E-state index contributed by atoms with van der Waals surface area (Å²) in [5.41, 5.74) is 1.80. The largest absolute Gasteiger partial charge is 0.310 e. The Bertz CT molecular complexity index is 974. The van der Waals surface area contributed by atoms with Crippen molar-refractivity contribution in [2.24, 2.45) is 5.92 Å². The third kappa shape index (κ3) is 2.99. The number of aromatic nitrogens is 4. The van der Waals surface area contributed by atoms with E-state index in [1.54, 1.807) is 23.5 Å². The average Bonchev–Trinajstić information content (AvgIpc) is 3.30. The second-order valence-electron chi connectivity index (χ2n) is 5.93. The molecule has 8 heteroatoms. The Hall–Kier alpha value is -3.47. The van der Waals surface area contributed by atoms with Gasteiger partial charge < -0.3 is 10.2 Å². The first-order valence-corrected chi connectivity index (χ1v) is 7.93. The van der Waals surface area contributed by atoms with Crippen molar-refractivity contribution in [3.8, 4) is 17.3 Å². The van der Waals surface area contributed by atoms with Gasteiger partial charge in [-0.2, -0.15) is 5.26 Å². The fraction of sp³-hybridized carbons (Fsp3) is 0.235. The van der Waals surface area contributed by atoms with Crippen LogP contribution in [0.3, 0.4) is 0 Å². The van der Waals surface area contributed by atoms with Crippen molar-refractivity contribution >= 4 is 17.5 Å². The third-order valence-corrected chi connectivity index (χ3v) is 4.29. The smallest absolute Gasteiger partial charge is 0.233 e. The number of likely N-dealkylation sites (tertiary alicyclic amines) is 1. The Balaban J connectivity index is 1.53. The van der Waals surface area contributed by atoms with Crippen LogP contribution in [-0.4, -0.2) is 43.2 Å². The van der Waals surface area contributed by atoms with Crippen molar-refractivity contribution in [2.45, 2.75) is 6.42 Å². The summed E-state index contributed by atoms with van der Waals surface area (Å²) in [7, 11) is 0. The number of nitrogens with zero attached hydrogens (tertiary/aromatic N) is 6. The Morgan fingerprint density at radius 1 is 1.28 bits per heavy atom. The maximum atomic E-state index is 12.4. The van der Waals surface area contributed by atoms with E-state index < -0.39 is 0 Å². The van der Waals surface area contributed by atoms with Crippen LogP contribution in [0.1, 0.15) is 6.42 Å². The molecular weight excluding hydrogens is 318 g/mol. The van der Waals surface area contributed by atoms with E-state index in [9.17, 15) is 4.79 Å². The number of carbonyl (C=O) groups is 1. The number of amides is 1. The molecule has 0 spiro atoms. The summed E-state index contributed by atoms with van der Waals surface area (Å²) in [6.07, 6.45) is 11.6. The van der Waals surface area contributed by atoms with E-state index in [-0.39, 0.29) is 11.8 Å². The number of carbonyl (C=O) groups excluding carboxylic acids is 1. The van der Waals surface area contributed by atoms with Crippen LogP contribution in [0.25, 0.3) is 16.9 Å². The number of nitriles is 1. The summed E-state index contributed by atoms with van der Waals surface area (Å²) >= 11 is 0. The molecule has 0 aliphatic carbocycles. The van der Waals surface area contributed by atoms with Gasteiger partial charge in [0.15, 0.2) is 6.19 Å². The summed E-state index contributed by atoms with van der Waals surface area (Å²) in [5, 5.41) is 11.7. The highest BCUT2D eigenvalue weighted by atomic mass is 16.2. The first kappa shape index (κ1) is 15.1. The van der Waals surface area contributed by atoms with E-state index in [0.29, 0.717) is 31.1 Å². The fourth-order valence-electron chi connectivity index (χ4n) is 2.94. The minimum Gasteiger partial charge on any atom is -0.310 e. The standard InChI is InChI=1S/C17H15N7O/c18-11-23-5-2-13(9-23)16(25)22-15-7-12(1-3-19-15)14-8-21-17-20-4-6-24(17)10-14/h1,3-4,6-8,10,13H,2,5,9H2,(H,19,22,25)/t13-/m0/s1. The molecule has 0 aromatic carbocycles. The summed E-state index contributed by atoms with van der Waals surface area (Å²) < 4.78 is 1.84. The van der Waals surface area contributed by atoms with Gasteiger partial charge in [-0.1, -0.05) is 0 Å². The summed E-state index contributed by atoms with van der Waals surface area (Å²) in [4.78, 5) is 26.6. The van der Waals surface area contributed by atoms with Crippen LogP contribution in [0.5, 0.6) is 0 Å². The number of pyridine rings is 1. The molecule has 4 rings (SSSR count). The van der Waals surface area contributed by atoms with Gasteiger partial charge in [0, 0.05) is 49.6 Å². The van der Waals surface area contributed by atoms with Gasteiger partial charge in [-0.25, -0.2) is 15.0 Å². The van der Waals surface area contributed by atoms with Crippen molar-refractivity contribution in [3.63, 3.8) is 0 Å². The van der Waals surface area contributed by atoms with Crippen LogP contribution in [0.4, 0.5) is 5.82 Å². The first-order chi connectivity index (χ1) is 12.2. The molecule has 1 N–H and O–H groups in total. The molecule has 3 aromatic heterocycles. The third-order valence-electron chi connectivity index (χ3n) is 4.29. The number of imidazole rings is 1. The molecular formula is C17H15N7O. The second kappa shape index (κ2) is 6.20. The molecule has 25 heavy (non-hydrogen) atoms. The van der Waals surface area contributed by atoms with Gasteiger partial charge in [0.05, 0.1) is 5.92 Å². The maximum Gasteiger partial charge on any atom is 0.233 e. The van der Waals surface area contributed by atoms with Gasteiger partial charge in [-0.3, -0.25) is 9.20 Å². The van der Waals surface area contributed by atoms with E-state index in [0.717, 1.165) is 11.1 Å². The number of rotatable bonds is 3.